The van der Waals surface area contributed by atoms with E-state index in [-0.39, 0.29) is 29.2 Å². The van der Waals surface area contributed by atoms with Gasteiger partial charge in [-0.3, -0.25) is 9.52 Å². The van der Waals surface area contributed by atoms with Gasteiger partial charge in [0, 0.05) is 12.1 Å². The molecule has 1 atom stereocenters. The van der Waals surface area contributed by atoms with Crippen molar-refractivity contribution in [3.63, 3.8) is 0 Å². The summed E-state index contributed by atoms with van der Waals surface area (Å²) in [5, 5.41) is 2.49. The molecule has 1 heterocycles. The van der Waals surface area contributed by atoms with Crippen molar-refractivity contribution >= 4 is 27.4 Å². The molecule has 0 aliphatic heterocycles. The highest BCUT2D eigenvalue weighted by molar-refractivity contribution is 7.92. The van der Waals surface area contributed by atoms with Gasteiger partial charge in [0.25, 0.3) is 0 Å². The molecule has 12 heteroatoms. The number of nitrogens with zero attached hydrogens (tertiary/aromatic N) is 1. The second-order valence-corrected chi connectivity index (χ2v) is 8.04. The molecule has 1 unspecified atom stereocenters. The van der Waals surface area contributed by atoms with Gasteiger partial charge in [-0.05, 0) is 30.7 Å². The molecule has 29 heavy (non-hydrogen) atoms. The largest absolute Gasteiger partial charge is 0.433 e. The third-order valence-electron chi connectivity index (χ3n) is 3.94. The summed E-state index contributed by atoms with van der Waals surface area (Å²) in [4.78, 5) is 15.6. The third-order valence-corrected chi connectivity index (χ3v) is 4.53. The van der Waals surface area contributed by atoms with E-state index >= 15 is 0 Å². The van der Waals surface area contributed by atoms with E-state index in [9.17, 15) is 30.8 Å². The van der Waals surface area contributed by atoms with Crippen LogP contribution in [0.15, 0.2) is 30.3 Å². The lowest BCUT2D eigenvalue weighted by Crippen LogP contribution is -2.28. The fourth-order valence-corrected chi connectivity index (χ4v) is 2.95. The van der Waals surface area contributed by atoms with E-state index in [1.54, 1.807) is 0 Å². The average Bonchev–Trinajstić information content (AvgIpc) is 2.59. The topological polar surface area (TPSA) is 114 Å². The Balaban J connectivity index is 2.07. The number of anilines is 2. The Kier molecular flexibility index (Phi) is 6.36. The van der Waals surface area contributed by atoms with Gasteiger partial charge in [-0.2, -0.15) is 13.2 Å². The normalized spacial score (nSPS) is 13.0. The second kappa shape index (κ2) is 8.23. The van der Waals surface area contributed by atoms with E-state index in [4.69, 9.17) is 5.73 Å². The molecule has 0 radical (unpaired) electrons. The summed E-state index contributed by atoms with van der Waals surface area (Å²) < 4.78 is 76.3. The maximum absolute atomic E-state index is 14.1. The summed E-state index contributed by atoms with van der Waals surface area (Å²) in [5.74, 6) is -2.58. The van der Waals surface area contributed by atoms with E-state index < -0.39 is 39.5 Å². The predicted molar refractivity (Wildman–Crippen MR) is 98.8 cm³/mol. The SMILES string of the molecule is CC(C(=O)NCc1ccc(C(F)(F)F)nc1N)c1ccc(NS(C)(=O)=O)c(F)c1. The Bertz CT molecular complexity index is 1030. The number of benzene rings is 1. The van der Waals surface area contributed by atoms with Crippen LogP contribution in [-0.2, 0) is 27.5 Å². The van der Waals surface area contributed by atoms with Gasteiger partial charge < -0.3 is 11.1 Å². The average molecular weight is 434 g/mol. The quantitative estimate of drug-likeness (QED) is 0.605. The van der Waals surface area contributed by atoms with Gasteiger partial charge in [0.1, 0.15) is 17.3 Å². The monoisotopic (exact) mass is 434 g/mol. The number of carbonyl (C=O) groups excluding carboxylic acids is 1. The van der Waals surface area contributed by atoms with Crippen LogP contribution in [0.2, 0.25) is 0 Å². The Morgan fingerprint density at radius 1 is 1.24 bits per heavy atom. The summed E-state index contributed by atoms with van der Waals surface area (Å²) in [6.07, 6.45) is -3.76. The van der Waals surface area contributed by atoms with Crippen molar-refractivity contribution in [2.45, 2.75) is 25.6 Å². The van der Waals surface area contributed by atoms with E-state index in [2.05, 4.69) is 10.3 Å². The fourth-order valence-electron chi connectivity index (χ4n) is 2.38. The van der Waals surface area contributed by atoms with Gasteiger partial charge in [-0.1, -0.05) is 12.1 Å². The molecule has 0 saturated carbocycles. The minimum absolute atomic E-state index is 0.170. The zero-order valence-electron chi connectivity index (χ0n) is 15.3. The molecule has 4 N–H and O–H groups in total. The van der Waals surface area contributed by atoms with Crippen LogP contribution in [0.5, 0.6) is 0 Å². The maximum Gasteiger partial charge on any atom is 0.433 e. The zero-order chi connectivity index (χ0) is 22.0. The Morgan fingerprint density at radius 2 is 1.90 bits per heavy atom. The maximum atomic E-state index is 14.1. The molecule has 0 aliphatic carbocycles. The van der Waals surface area contributed by atoms with Crippen LogP contribution in [0.1, 0.15) is 29.7 Å². The molecule has 2 aromatic rings. The van der Waals surface area contributed by atoms with Crippen LogP contribution >= 0.6 is 0 Å². The summed E-state index contributed by atoms with van der Waals surface area (Å²) in [5.41, 5.74) is 4.58. The molecule has 0 saturated heterocycles. The van der Waals surface area contributed by atoms with Gasteiger partial charge in [0.15, 0.2) is 0 Å². The molecule has 0 aliphatic rings. The van der Waals surface area contributed by atoms with Crippen LogP contribution in [-0.4, -0.2) is 25.6 Å². The highest BCUT2D eigenvalue weighted by Crippen LogP contribution is 2.29. The third kappa shape index (κ3) is 6.04. The molecule has 1 aromatic heterocycles. The van der Waals surface area contributed by atoms with Gasteiger partial charge in [0.05, 0.1) is 17.9 Å². The number of hydrogen-bond donors (Lipinski definition) is 3. The molecule has 1 amide bonds. The summed E-state index contributed by atoms with van der Waals surface area (Å²) in [6, 6.07) is 5.46. The number of halogens is 4. The minimum atomic E-state index is -4.63. The van der Waals surface area contributed by atoms with Crippen LogP contribution < -0.4 is 15.8 Å². The first kappa shape index (κ1) is 22.4. The van der Waals surface area contributed by atoms with Crippen LogP contribution in [0, 0.1) is 5.82 Å². The van der Waals surface area contributed by atoms with Crippen molar-refractivity contribution in [1.82, 2.24) is 10.3 Å². The van der Waals surface area contributed by atoms with Crippen molar-refractivity contribution in [2.24, 2.45) is 0 Å². The minimum Gasteiger partial charge on any atom is -0.383 e. The van der Waals surface area contributed by atoms with Crippen LogP contribution in [0.4, 0.5) is 29.1 Å². The number of rotatable bonds is 6. The van der Waals surface area contributed by atoms with E-state index in [0.717, 1.165) is 24.5 Å². The number of amides is 1. The van der Waals surface area contributed by atoms with Crippen molar-refractivity contribution in [3.05, 3.63) is 53.0 Å². The number of alkyl halides is 3. The highest BCUT2D eigenvalue weighted by atomic mass is 32.2. The molecule has 0 spiro atoms. The fraction of sp³-hybridized carbons (Fsp3) is 0.294. The number of nitrogen functional groups attached to an aromatic ring is 1. The van der Waals surface area contributed by atoms with E-state index in [1.165, 1.54) is 19.1 Å². The molecule has 158 valence electrons. The molecule has 0 bridgehead atoms. The first-order valence-electron chi connectivity index (χ1n) is 8.15. The first-order chi connectivity index (χ1) is 13.3. The first-order valence-corrected chi connectivity index (χ1v) is 10.0. The number of aromatic nitrogens is 1. The van der Waals surface area contributed by atoms with E-state index in [1.807, 2.05) is 4.72 Å². The van der Waals surface area contributed by atoms with Crippen molar-refractivity contribution in [1.29, 1.82) is 0 Å². The van der Waals surface area contributed by atoms with E-state index in [0.29, 0.717) is 0 Å². The molecule has 1 aromatic carbocycles. The Morgan fingerprint density at radius 3 is 2.41 bits per heavy atom. The molecular weight excluding hydrogens is 416 g/mol. The number of hydrogen-bond acceptors (Lipinski definition) is 5. The number of nitrogens with two attached hydrogens (primary N) is 1. The Hall–Kier alpha value is -2.89. The summed E-state index contributed by atoms with van der Waals surface area (Å²) in [6.45, 7) is 1.32. The van der Waals surface area contributed by atoms with Crippen molar-refractivity contribution in [2.75, 3.05) is 16.7 Å². The molecular formula is C17H18F4N4O3S. The second-order valence-electron chi connectivity index (χ2n) is 6.29. The van der Waals surface area contributed by atoms with Crippen LogP contribution in [0.3, 0.4) is 0 Å². The smallest absolute Gasteiger partial charge is 0.383 e. The predicted octanol–water partition coefficient (Wildman–Crippen LogP) is 2.61. The number of pyridine rings is 1. The lowest BCUT2D eigenvalue weighted by Gasteiger charge is -2.15. The lowest BCUT2D eigenvalue weighted by atomic mass is 9.99. The van der Waals surface area contributed by atoms with Gasteiger partial charge in [-0.15, -0.1) is 0 Å². The number of sulfonamides is 1. The number of nitrogens with one attached hydrogen (secondary N) is 2. The highest BCUT2D eigenvalue weighted by Gasteiger charge is 2.32. The van der Waals surface area contributed by atoms with Gasteiger partial charge >= 0.3 is 6.18 Å². The Labute approximate surface area is 164 Å². The van der Waals surface area contributed by atoms with Gasteiger partial charge in [-0.25, -0.2) is 17.8 Å². The number of carbonyl (C=O) groups is 1. The lowest BCUT2D eigenvalue weighted by molar-refractivity contribution is -0.141. The molecule has 7 nitrogen and oxygen atoms in total. The van der Waals surface area contributed by atoms with Gasteiger partial charge in [0.2, 0.25) is 15.9 Å². The van der Waals surface area contributed by atoms with Crippen molar-refractivity contribution in [3.8, 4) is 0 Å². The summed E-state index contributed by atoms with van der Waals surface area (Å²) >= 11 is 0. The summed E-state index contributed by atoms with van der Waals surface area (Å²) in [7, 11) is -3.66. The molecule has 0 fully saturated rings. The zero-order valence-corrected chi connectivity index (χ0v) is 16.2. The van der Waals surface area contributed by atoms with Crippen molar-refractivity contribution < 1.29 is 30.8 Å². The van der Waals surface area contributed by atoms with Crippen LogP contribution in [0.25, 0.3) is 0 Å². The standard InChI is InChI=1S/C17H18F4N4O3S/c1-9(10-3-5-13(12(18)7-10)25-29(2,27)28)16(26)23-8-11-4-6-14(17(19,20)21)24-15(11)22/h3-7,9,25H,8H2,1-2H3,(H2,22,24)(H,23,26). The molecule has 2 rings (SSSR count).